The van der Waals surface area contributed by atoms with Crippen LogP contribution in [-0.2, 0) is 4.79 Å². The highest BCUT2D eigenvalue weighted by molar-refractivity contribution is 9.09. The summed E-state index contributed by atoms with van der Waals surface area (Å²) in [6, 6.07) is 4.35. The second-order valence-corrected chi connectivity index (χ2v) is 5.59. The van der Waals surface area contributed by atoms with Crippen LogP contribution in [0.3, 0.4) is 0 Å². The number of alkyl halides is 4. The number of carbonyl (C=O) groups is 1. The van der Waals surface area contributed by atoms with Crippen molar-refractivity contribution in [2.45, 2.75) is 29.1 Å². The first-order chi connectivity index (χ1) is 7.70. The number of aryl methyl sites for hydroxylation is 1. The van der Waals surface area contributed by atoms with Gasteiger partial charge in [-0.15, -0.1) is 0 Å². The van der Waals surface area contributed by atoms with Crippen molar-refractivity contribution in [3.05, 3.63) is 29.3 Å². The maximum Gasteiger partial charge on any atom is 0.446 e. The van der Waals surface area contributed by atoms with Gasteiger partial charge in [0.15, 0.2) is 0 Å². The lowest BCUT2D eigenvalue weighted by Gasteiger charge is -2.12. The summed E-state index contributed by atoms with van der Waals surface area (Å²) < 4.78 is 36.5. The SMILES string of the molecule is CC(=O)C(Br)c1ccc(SC(F)(F)F)cc1C. The van der Waals surface area contributed by atoms with Crippen LogP contribution in [0.15, 0.2) is 23.1 Å². The molecule has 17 heavy (non-hydrogen) atoms. The summed E-state index contributed by atoms with van der Waals surface area (Å²) in [6.45, 7) is 3.12. The van der Waals surface area contributed by atoms with Gasteiger partial charge >= 0.3 is 5.51 Å². The van der Waals surface area contributed by atoms with Gasteiger partial charge in [0, 0.05) is 4.90 Å². The van der Waals surface area contributed by atoms with Gasteiger partial charge in [-0.2, -0.15) is 13.2 Å². The molecule has 0 aliphatic heterocycles. The highest BCUT2D eigenvalue weighted by Gasteiger charge is 2.29. The van der Waals surface area contributed by atoms with Crippen molar-refractivity contribution in [2.24, 2.45) is 0 Å². The number of rotatable bonds is 3. The third-order valence-electron chi connectivity index (χ3n) is 2.10. The summed E-state index contributed by atoms with van der Waals surface area (Å²) >= 11 is 3.05. The van der Waals surface area contributed by atoms with Gasteiger partial charge in [-0.25, -0.2) is 0 Å². The Kier molecular flexibility index (Phi) is 4.66. The zero-order chi connectivity index (χ0) is 13.2. The number of hydrogen-bond donors (Lipinski definition) is 0. The molecule has 1 aromatic rings. The fourth-order valence-corrected chi connectivity index (χ4v) is 2.50. The first kappa shape index (κ1) is 14.6. The average Bonchev–Trinajstić information content (AvgIpc) is 2.14. The zero-order valence-electron chi connectivity index (χ0n) is 9.14. The van der Waals surface area contributed by atoms with E-state index >= 15 is 0 Å². The van der Waals surface area contributed by atoms with Gasteiger partial charge in [0.1, 0.15) is 5.78 Å². The van der Waals surface area contributed by atoms with Crippen molar-refractivity contribution in [2.75, 3.05) is 0 Å². The Hall–Kier alpha value is -0.490. The largest absolute Gasteiger partial charge is 0.446 e. The number of thioether (sulfide) groups is 1. The fourth-order valence-electron chi connectivity index (χ4n) is 1.35. The molecule has 0 spiro atoms. The summed E-state index contributed by atoms with van der Waals surface area (Å²) in [5.74, 6) is -0.0793. The van der Waals surface area contributed by atoms with E-state index in [1.54, 1.807) is 13.0 Å². The topological polar surface area (TPSA) is 17.1 Å². The smallest absolute Gasteiger partial charge is 0.298 e. The van der Waals surface area contributed by atoms with E-state index in [9.17, 15) is 18.0 Å². The van der Waals surface area contributed by atoms with Gasteiger partial charge < -0.3 is 0 Å². The third-order valence-corrected chi connectivity index (χ3v) is 3.96. The van der Waals surface area contributed by atoms with Gasteiger partial charge in [-0.05, 0) is 48.9 Å². The Morgan fingerprint density at radius 2 is 2.00 bits per heavy atom. The highest BCUT2D eigenvalue weighted by Crippen LogP contribution is 2.38. The van der Waals surface area contributed by atoms with Crippen LogP contribution in [0.25, 0.3) is 0 Å². The molecule has 0 saturated carbocycles. The Bertz CT molecular complexity index is 431. The quantitative estimate of drug-likeness (QED) is 0.595. The van der Waals surface area contributed by atoms with E-state index in [0.717, 1.165) is 0 Å². The van der Waals surface area contributed by atoms with Crippen LogP contribution in [-0.4, -0.2) is 11.3 Å². The van der Waals surface area contributed by atoms with Crippen molar-refractivity contribution in [3.8, 4) is 0 Å². The molecule has 1 atom stereocenters. The normalized spacial score (nSPS) is 13.5. The number of benzene rings is 1. The number of ketones is 1. The fraction of sp³-hybridized carbons (Fsp3) is 0.364. The molecule has 1 rings (SSSR count). The molecule has 0 aliphatic carbocycles. The molecule has 0 aromatic heterocycles. The molecular weight excluding hydrogens is 317 g/mol. The molecule has 0 fully saturated rings. The molecule has 0 saturated heterocycles. The number of hydrogen-bond acceptors (Lipinski definition) is 2. The molecule has 0 bridgehead atoms. The summed E-state index contributed by atoms with van der Waals surface area (Å²) in [7, 11) is 0. The minimum Gasteiger partial charge on any atom is -0.298 e. The second-order valence-electron chi connectivity index (χ2n) is 3.54. The van der Waals surface area contributed by atoms with E-state index in [2.05, 4.69) is 15.9 Å². The maximum atomic E-state index is 12.2. The van der Waals surface area contributed by atoms with Crippen LogP contribution in [0.2, 0.25) is 0 Å². The molecule has 0 radical (unpaired) electrons. The predicted octanol–water partition coefficient (Wildman–Crippen LogP) is 4.63. The number of carbonyl (C=O) groups excluding carboxylic acids is 1. The molecule has 1 nitrogen and oxygen atoms in total. The van der Waals surface area contributed by atoms with Crippen molar-refractivity contribution in [3.63, 3.8) is 0 Å². The van der Waals surface area contributed by atoms with E-state index in [1.165, 1.54) is 19.1 Å². The van der Waals surface area contributed by atoms with E-state index in [4.69, 9.17) is 0 Å². The van der Waals surface area contributed by atoms with Crippen LogP contribution in [0, 0.1) is 6.92 Å². The summed E-state index contributed by atoms with van der Waals surface area (Å²) in [6.07, 6.45) is 0. The predicted molar refractivity (Wildman–Crippen MR) is 65.4 cm³/mol. The van der Waals surface area contributed by atoms with Gasteiger partial charge in [-0.1, -0.05) is 22.0 Å². The molecule has 0 amide bonds. The van der Waals surface area contributed by atoms with E-state index in [-0.39, 0.29) is 22.4 Å². The van der Waals surface area contributed by atoms with E-state index < -0.39 is 10.3 Å². The first-order valence-electron chi connectivity index (χ1n) is 4.71. The minimum atomic E-state index is -4.29. The first-order valence-corrected chi connectivity index (χ1v) is 6.45. The number of halogens is 4. The molecule has 0 heterocycles. The lowest BCUT2D eigenvalue weighted by atomic mass is 10.0. The Balaban J connectivity index is 2.98. The Morgan fingerprint density at radius 1 is 1.41 bits per heavy atom. The molecule has 1 aromatic carbocycles. The Labute approximate surface area is 110 Å². The molecule has 1 unspecified atom stereocenters. The van der Waals surface area contributed by atoms with Crippen LogP contribution >= 0.6 is 27.7 Å². The van der Waals surface area contributed by atoms with E-state index in [0.29, 0.717) is 11.1 Å². The Morgan fingerprint density at radius 3 is 2.41 bits per heavy atom. The summed E-state index contributed by atoms with van der Waals surface area (Å²) in [5.41, 5.74) is -2.93. The van der Waals surface area contributed by atoms with Crippen molar-refractivity contribution >= 4 is 33.5 Å². The highest BCUT2D eigenvalue weighted by atomic mass is 79.9. The maximum absolute atomic E-state index is 12.2. The molecule has 94 valence electrons. The average molecular weight is 327 g/mol. The monoisotopic (exact) mass is 326 g/mol. The van der Waals surface area contributed by atoms with Crippen LogP contribution in [0.4, 0.5) is 13.2 Å². The van der Waals surface area contributed by atoms with Gasteiger partial charge in [0.05, 0.1) is 4.83 Å². The molecule has 0 N–H and O–H groups in total. The lowest BCUT2D eigenvalue weighted by Crippen LogP contribution is -2.04. The van der Waals surface area contributed by atoms with Gasteiger partial charge in [0.25, 0.3) is 0 Å². The minimum absolute atomic E-state index is 0.0793. The van der Waals surface area contributed by atoms with Crippen LogP contribution < -0.4 is 0 Å². The second kappa shape index (κ2) is 5.44. The van der Waals surface area contributed by atoms with Gasteiger partial charge in [-0.3, -0.25) is 4.79 Å². The zero-order valence-corrected chi connectivity index (χ0v) is 11.5. The van der Waals surface area contributed by atoms with Crippen LogP contribution in [0.5, 0.6) is 0 Å². The molecule has 0 aliphatic rings. The van der Waals surface area contributed by atoms with Crippen molar-refractivity contribution < 1.29 is 18.0 Å². The van der Waals surface area contributed by atoms with Crippen molar-refractivity contribution in [1.82, 2.24) is 0 Å². The van der Waals surface area contributed by atoms with E-state index in [1.807, 2.05) is 0 Å². The standard InChI is InChI=1S/C11H10BrF3OS/c1-6-5-8(17-11(13,14)15)3-4-9(6)10(12)7(2)16/h3-5,10H,1-2H3. The van der Waals surface area contributed by atoms with Crippen molar-refractivity contribution in [1.29, 1.82) is 0 Å². The molecule has 6 heteroatoms. The van der Waals surface area contributed by atoms with Gasteiger partial charge in [0.2, 0.25) is 0 Å². The molecular formula is C11H10BrF3OS. The number of Topliss-reactive ketones (excluding diaryl/α,β-unsaturated/α-hetero) is 1. The summed E-state index contributed by atoms with van der Waals surface area (Å²) in [5, 5.41) is 0. The summed E-state index contributed by atoms with van der Waals surface area (Å²) in [4.78, 5) is 10.8. The lowest BCUT2D eigenvalue weighted by molar-refractivity contribution is -0.116. The third kappa shape index (κ3) is 4.35. The van der Waals surface area contributed by atoms with Crippen LogP contribution in [0.1, 0.15) is 22.9 Å².